The van der Waals surface area contributed by atoms with Gasteiger partial charge in [-0.2, -0.15) is 0 Å². The Morgan fingerprint density at radius 2 is 1.55 bits per heavy atom. The van der Waals surface area contributed by atoms with E-state index in [1.165, 1.54) is 0 Å². The Morgan fingerprint density at radius 3 is 2.25 bits per heavy atom. The second-order valence-electron chi connectivity index (χ2n) is 4.57. The van der Waals surface area contributed by atoms with Gasteiger partial charge in [0.05, 0.1) is 0 Å². The molecule has 0 aliphatic rings. The minimum Gasteiger partial charge on any atom is -0.457 e. The predicted molar refractivity (Wildman–Crippen MR) is 82.6 cm³/mol. The molecular weight excluding hydrogens is 250 g/mol. The normalized spacial score (nSPS) is 10.2. The Balaban J connectivity index is 1.78. The first-order valence-electron chi connectivity index (χ1n) is 6.94. The molecular formula is C17H21NO2. The summed E-state index contributed by atoms with van der Waals surface area (Å²) in [6.45, 7) is 1.79. The van der Waals surface area contributed by atoms with Gasteiger partial charge < -0.3 is 14.8 Å². The summed E-state index contributed by atoms with van der Waals surface area (Å²) < 4.78 is 10.8. The number of unbranched alkanes of at least 4 members (excludes halogenated alkanes) is 1. The van der Waals surface area contributed by atoms with E-state index in [1.807, 2.05) is 54.6 Å². The lowest BCUT2D eigenvalue weighted by Crippen LogP contribution is -2.02. The molecule has 1 N–H and O–H groups in total. The molecule has 0 atom stereocenters. The zero-order valence-electron chi connectivity index (χ0n) is 11.8. The highest BCUT2D eigenvalue weighted by Crippen LogP contribution is 2.22. The summed E-state index contributed by atoms with van der Waals surface area (Å²) in [5, 5.41) is 3.38. The molecule has 3 nitrogen and oxygen atoms in total. The maximum Gasteiger partial charge on any atom is 0.127 e. The highest BCUT2D eigenvalue weighted by Gasteiger charge is 1.97. The Labute approximate surface area is 120 Å². The van der Waals surface area contributed by atoms with Gasteiger partial charge in [-0.15, -0.1) is 0 Å². The van der Waals surface area contributed by atoms with E-state index in [4.69, 9.17) is 9.47 Å². The van der Waals surface area contributed by atoms with E-state index in [0.717, 1.165) is 43.2 Å². The lowest BCUT2D eigenvalue weighted by molar-refractivity contribution is 0.194. The first-order chi connectivity index (χ1) is 9.88. The Hall–Kier alpha value is -2.00. The van der Waals surface area contributed by atoms with Crippen molar-refractivity contribution in [1.82, 2.24) is 0 Å². The number of nitrogens with one attached hydrogen (secondary N) is 1. The van der Waals surface area contributed by atoms with Gasteiger partial charge in [-0.25, -0.2) is 0 Å². The molecule has 0 fully saturated rings. The number of benzene rings is 2. The van der Waals surface area contributed by atoms with Crippen LogP contribution in [0.2, 0.25) is 0 Å². The van der Waals surface area contributed by atoms with E-state index >= 15 is 0 Å². The highest BCUT2D eigenvalue weighted by atomic mass is 16.5. The molecule has 0 amide bonds. The molecule has 20 heavy (non-hydrogen) atoms. The molecule has 0 saturated carbocycles. The van der Waals surface area contributed by atoms with Crippen LogP contribution in [0.25, 0.3) is 0 Å². The maximum absolute atomic E-state index is 5.75. The fraction of sp³-hybridized carbons (Fsp3) is 0.294. The van der Waals surface area contributed by atoms with E-state index < -0.39 is 0 Å². The number of para-hydroxylation sites is 1. The van der Waals surface area contributed by atoms with Crippen LogP contribution in [0.1, 0.15) is 12.8 Å². The third-order valence-corrected chi connectivity index (χ3v) is 2.94. The van der Waals surface area contributed by atoms with E-state index in [2.05, 4.69) is 5.32 Å². The lowest BCUT2D eigenvalue weighted by atomic mass is 10.2. The van der Waals surface area contributed by atoms with Crippen molar-refractivity contribution in [3.05, 3.63) is 54.6 Å². The van der Waals surface area contributed by atoms with Crippen LogP contribution in [0.4, 0.5) is 5.69 Å². The van der Waals surface area contributed by atoms with Crippen molar-refractivity contribution in [2.45, 2.75) is 12.8 Å². The quantitative estimate of drug-likeness (QED) is 0.725. The van der Waals surface area contributed by atoms with Crippen LogP contribution in [-0.4, -0.2) is 20.3 Å². The minimum atomic E-state index is 0.825. The zero-order chi connectivity index (χ0) is 14.0. The second kappa shape index (κ2) is 8.23. The van der Waals surface area contributed by atoms with E-state index in [-0.39, 0.29) is 0 Å². The molecule has 0 aromatic heterocycles. The van der Waals surface area contributed by atoms with Gasteiger partial charge in [0.2, 0.25) is 0 Å². The summed E-state index contributed by atoms with van der Waals surface area (Å²) in [6, 6.07) is 17.8. The van der Waals surface area contributed by atoms with E-state index in [1.54, 1.807) is 7.11 Å². The first-order valence-corrected chi connectivity index (χ1v) is 6.94. The molecule has 0 radical (unpaired) electrons. The minimum absolute atomic E-state index is 0.825. The van der Waals surface area contributed by atoms with Crippen LogP contribution in [0.5, 0.6) is 11.5 Å². The fourth-order valence-electron chi connectivity index (χ4n) is 1.87. The molecule has 2 aromatic carbocycles. The fourth-order valence-corrected chi connectivity index (χ4v) is 1.87. The van der Waals surface area contributed by atoms with Gasteiger partial charge in [0.1, 0.15) is 11.5 Å². The van der Waals surface area contributed by atoms with Crippen molar-refractivity contribution in [3.8, 4) is 11.5 Å². The van der Waals surface area contributed by atoms with Gasteiger partial charge in [-0.1, -0.05) is 18.2 Å². The number of rotatable bonds is 8. The molecule has 0 heterocycles. The van der Waals surface area contributed by atoms with E-state index in [9.17, 15) is 0 Å². The second-order valence-corrected chi connectivity index (χ2v) is 4.57. The molecule has 2 aromatic rings. The summed E-state index contributed by atoms with van der Waals surface area (Å²) in [6.07, 6.45) is 2.19. The van der Waals surface area contributed by atoms with Gasteiger partial charge in [0, 0.05) is 25.9 Å². The monoisotopic (exact) mass is 271 g/mol. The largest absolute Gasteiger partial charge is 0.457 e. The van der Waals surface area contributed by atoms with Gasteiger partial charge >= 0.3 is 0 Å². The van der Waals surface area contributed by atoms with Gasteiger partial charge in [0.15, 0.2) is 0 Å². The Bertz CT molecular complexity index is 482. The predicted octanol–water partition coefficient (Wildman–Crippen LogP) is 4.32. The SMILES string of the molecule is COCCCCNc1ccc(Oc2ccccc2)cc1. The third kappa shape index (κ3) is 4.94. The summed E-state index contributed by atoms with van der Waals surface area (Å²) >= 11 is 0. The molecule has 0 aliphatic carbocycles. The van der Waals surface area contributed by atoms with Crippen molar-refractivity contribution in [3.63, 3.8) is 0 Å². The summed E-state index contributed by atoms with van der Waals surface area (Å²) in [7, 11) is 1.74. The van der Waals surface area contributed by atoms with Crippen LogP contribution in [0.3, 0.4) is 0 Å². The van der Waals surface area contributed by atoms with Crippen LogP contribution in [0.15, 0.2) is 54.6 Å². The van der Waals surface area contributed by atoms with Crippen molar-refractivity contribution in [2.75, 3.05) is 25.6 Å². The summed E-state index contributed by atoms with van der Waals surface area (Å²) in [5.74, 6) is 1.70. The number of anilines is 1. The van der Waals surface area contributed by atoms with Crippen molar-refractivity contribution in [1.29, 1.82) is 0 Å². The maximum atomic E-state index is 5.75. The van der Waals surface area contributed by atoms with Gasteiger partial charge in [-0.05, 0) is 49.2 Å². The van der Waals surface area contributed by atoms with Gasteiger partial charge in [-0.3, -0.25) is 0 Å². The molecule has 0 aliphatic heterocycles. The summed E-state index contributed by atoms with van der Waals surface area (Å²) in [5.41, 5.74) is 1.11. The molecule has 0 spiro atoms. The van der Waals surface area contributed by atoms with Crippen LogP contribution in [-0.2, 0) is 4.74 Å². The molecule has 2 rings (SSSR count). The molecule has 0 unspecified atom stereocenters. The molecule has 3 heteroatoms. The Kier molecular flexibility index (Phi) is 5.93. The van der Waals surface area contributed by atoms with Crippen LogP contribution in [0, 0.1) is 0 Å². The average molecular weight is 271 g/mol. The van der Waals surface area contributed by atoms with Crippen molar-refractivity contribution in [2.24, 2.45) is 0 Å². The van der Waals surface area contributed by atoms with Crippen molar-refractivity contribution < 1.29 is 9.47 Å². The third-order valence-electron chi connectivity index (χ3n) is 2.94. The number of hydrogen-bond acceptors (Lipinski definition) is 3. The zero-order valence-corrected chi connectivity index (χ0v) is 11.8. The number of methoxy groups -OCH3 is 1. The molecule has 106 valence electrons. The van der Waals surface area contributed by atoms with Crippen LogP contribution >= 0.6 is 0 Å². The van der Waals surface area contributed by atoms with E-state index in [0.29, 0.717) is 0 Å². The first kappa shape index (κ1) is 14.4. The molecule has 0 saturated heterocycles. The average Bonchev–Trinajstić information content (AvgIpc) is 2.50. The topological polar surface area (TPSA) is 30.5 Å². The smallest absolute Gasteiger partial charge is 0.127 e. The summed E-state index contributed by atoms with van der Waals surface area (Å²) in [4.78, 5) is 0. The Morgan fingerprint density at radius 1 is 0.850 bits per heavy atom. The molecule has 0 bridgehead atoms. The number of ether oxygens (including phenoxy) is 2. The van der Waals surface area contributed by atoms with Crippen molar-refractivity contribution >= 4 is 5.69 Å². The van der Waals surface area contributed by atoms with Crippen LogP contribution < -0.4 is 10.1 Å². The highest BCUT2D eigenvalue weighted by molar-refractivity contribution is 5.47. The number of hydrogen-bond donors (Lipinski definition) is 1. The lowest BCUT2D eigenvalue weighted by Gasteiger charge is -2.08. The standard InChI is InChI=1S/C17H21NO2/c1-19-14-6-5-13-18-15-9-11-17(12-10-15)20-16-7-3-2-4-8-16/h2-4,7-12,18H,5-6,13-14H2,1H3. The van der Waals surface area contributed by atoms with Gasteiger partial charge in [0.25, 0.3) is 0 Å².